The average molecular weight is 462 g/mol. The highest BCUT2D eigenvalue weighted by molar-refractivity contribution is 7.99. The fourth-order valence-corrected chi connectivity index (χ4v) is 3.88. The molecule has 0 saturated carbocycles. The number of para-hydroxylation sites is 1. The summed E-state index contributed by atoms with van der Waals surface area (Å²) in [4.78, 5) is 24.7. The van der Waals surface area contributed by atoms with Crippen LogP contribution in [0, 0.1) is 5.82 Å². The van der Waals surface area contributed by atoms with Crippen LogP contribution >= 0.6 is 23.4 Å². The van der Waals surface area contributed by atoms with E-state index in [1.165, 1.54) is 30.0 Å². The lowest BCUT2D eigenvalue weighted by Gasteiger charge is -2.15. The fourth-order valence-electron chi connectivity index (χ4n) is 2.89. The number of carbonyl (C=O) groups excluding carboxylic acids is 2. The number of nitrogens with one attached hydrogen (secondary N) is 2. The topological polar surface area (TPSA) is 88.9 Å². The summed E-state index contributed by atoms with van der Waals surface area (Å²) in [6, 6.07) is 12.2. The maximum Gasteiger partial charge on any atom is 0.254 e. The summed E-state index contributed by atoms with van der Waals surface area (Å²) in [5.41, 5.74) is 0.500. The highest BCUT2D eigenvalue weighted by Gasteiger charge is 2.21. The SMILES string of the molecule is CCn1c(SCC(=O)Nc2ccccc2Cl)nnc1[C@@H](C)NC(=O)c1ccccc1F. The first-order chi connectivity index (χ1) is 14.9. The van der Waals surface area contributed by atoms with Crippen molar-refractivity contribution in [1.29, 1.82) is 0 Å². The number of hydrogen-bond donors (Lipinski definition) is 2. The molecule has 0 spiro atoms. The first-order valence-electron chi connectivity index (χ1n) is 9.56. The molecule has 3 rings (SSSR count). The number of anilines is 1. The summed E-state index contributed by atoms with van der Waals surface area (Å²) in [5.74, 6) is -0.735. The lowest BCUT2D eigenvalue weighted by Crippen LogP contribution is -2.29. The van der Waals surface area contributed by atoms with E-state index in [0.29, 0.717) is 28.2 Å². The Morgan fingerprint density at radius 3 is 2.58 bits per heavy atom. The van der Waals surface area contributed by atoms with Crippen molar-refractivity contribution in [3.63, 3.8) is 0 Å². The maximum atomic E-state index is 13.9. The first kappa shape index (κ1) is 22.8. The van der Waals surface area contributed by atoms with Crippen molar-refractivity contribution in [1.82, 2.24) is 20.1 Å². The molecule has 3 aromatic rings. The number of aromatic nitrogens is 3. The molecule has 1 aromatic heterocycles. The number of nitrogens with zero attached hydrogens (tertiary/aromatic N) is 3. The molecular weight excluding hydrogens is 441 g/mol. The molecule has 0 fully saturated rings. The lowest BCUT2D eigenvalue weighted by molar-refractivity contribution is -0.113. The zero-order valence-electron chi connectivity index (χ0n) is 16.9. The minimum absolute atomic E-state index is 0.0391. The van der Waals surface area contributed by atoms with Crippen LogP contribution in [-0.4, -0.2) is 32.3 Å². The van der Waals surface area contributed by atoms with E-state index in [1.807, 2.05) is 6.92 Å². The Labute approximate surface area is 188 Å². The van der Waals surface area contributed by atoms with Gasteiger partial charge in [0.05, 0.1) is 28.1 Å². The molecule has 0 radical (unpaired) electrons. The first-order valence-corrected chi connectivity index (χ1v) is 10.9. The molecule has 2 amide bonds. The van der Waals surface area contributed by atoms with Crippen molar-refractivity contribution in [2.45, 2.75) is 31.6 Å². The molecule has 0 unspecified atom stereocenters. The van der Waals surface area contributed by atoms with E-state index in [2.05, 4.69) is 20.8 Å². The summed E-state index contributed by atoms with van der Waals surface area (Å²) in [7, 11) is 0. The summed E-state index contributed by atoms with van der Waals surface area (Å²) in [5, 5.41) is 14.8. The Kier molecular flexibility index (Phi) is 7.64. The average Bonchev–Trinajstić information content (AvgIpc) is 3.17. The Morgan fingerprint density at radius 1 is 1.16 bits per heavy atom. The van der Waals surface area contributed by atoms with Gasteiger partial charge in [-0.15, -0.1) is 10.2 Å². The molecule has 0 bridgehead atoms. The summed E-state index contributed by atoms with van der Waals surface area (Å²) < 4.78 is 15.7. The molecule has 2 N–H and O–H groups in total. The Balaban J connectivity index is 1.64. The number of thioether (sulfide) groups is 1. The number of hydrogen-bond acceptors (Lipinski definition) is 5. The number of carbonyl (C=O) groups is 2. The van der Waals surface area contributed by atoms with Crippen LogP contribution in [0.2, 0.25) is 5.02 Å². The number of amides is 2. The molecule has 31 heavy (non-hydrogen) atoms. The van der Waals surface area contributed by atoms with E-state index in [9.17, 15) is 14.0 Å². The van der Waals surface area contributed by atoms with Crippen molar-refractivity contribution in [3.8, 4) is 0 Å². The van der Waals surface area contributed by atoms with Crippen LogP contribution in [0.1, 0.15) is 36.1 Å². The van der Waals surface area contributed by atoms with Gasteiger partial charge in [-0.2, -0.15) is 0 Å². The molecule has 1 atom stereocenters. The third kappa shape index (κ3) is 5.62. The van der Waals surface area contributed by atoms with E-state index < -0.39 is 17.8 Å². The van der Waals surface area contributed by atoms with Crippen LogP contribution in [0.4, 0.5) is 10.1 Å². The van der Waals surface area contributed by atoms with Crippen molar-refractivity contribution in [2.24, 2.45) is 0 Å². The highest BCUT2D eigenvalue weighted by atomic mass is 35.5. The molecule has 0 saturated heterocycles. The Morgan fingerprint density at radius 2 is 1.87 bits per heavy atom. The predicted octanol–water partition coefficient (Wildman–Crippen LogP) is 4.31. The van der Waals surface area contributed by atoms with Gasteiger partial charge in [0, 0.05) is 6.54 Å². The lowest BCUT2D eigenvalue weighted by atomic mass is 10.2. The van der Waals surface area contributed by atoms with Crippen LogP contribution < -0.4 is 10.6 Å². The number of benzene rings is 2. The van der Waals surface area contributed by atoms with Gasteiger partial charge >= 0.3 is 0 Å². The van der Waals surface area contributed by atoms with E-state index in [0.717, 1.165) is 0 Å². The highest BCUT2D eigenvalue weighted by Crippen LogP contribution is 2.23. The van der Waals surface area contributed by atoms with Gasteiger partial charge in [0.1, 0.15) is 5.82 Å². The standard InChI is InChI=1S/C21H21ClFN5O2S/c1-3-28-19(13(2)24-20(30)14-8-4-6-10-16(14)23)26-27-21(28)31-12-18(29)25-17-11-7-5-9-15(17)22/h4-11,13H,3,12H2,1-2H3,(H,24,30)(H,25,29)/t13-/m1/s1. The zero-order valence-corrected chi connectivity index (χ0v) is 18.5. The van der Waals surface area contributed by atoms with Crippen LogP contribution in [0.5, 0.6) is 0 Å². The minimum atomic E-state index is -0.593. The second kappa shape index (κ2) is 10.4. The molecule has 2 aromatic carbocycles. The summed E-state index contributed by atoms with van der Waals surface area (Å²) in [6.07, 6.45) is 0. The van der Waals surface area contributed by atoms with E-state index >= 15 is 0 Å². The third-order valence-electron chi connectivity index (χ3n) is 4.40. The van der Waals surface area contributed by atoms with Crippen LogP contribution in [-0.2, 0) is 11.3 Å². The van der Waals surface area contributed by atoms with Crippen LogP contribution in [0.3, 0.4) is 0 Å². The largest absolute Gasteiger partial charge is 0.342 e. The molecule has 7 nitrogen and oxygen atoms in total. The van der Waals surface area contributed by atoms with Crippen molar-refractivity contribution < 1.29 is 14.0 Å². The molecule has 0 aliphatic heterocycles. The number of halogens is 2. The number of rotatable bonds is 8. The molecule has 0 aliphatic rings. The Bertz CT molecular complexity index is 1090. The normalized spacial score (nSPS) is 11.7. The summed E-state index contributed by atoms with van der Waals surface area (Å²) in [6.45, 7) is 4.19. The fraction of sp³-hybridized carbons (Fsp3) is 0.238. The van der Waals surface area contributed by atoms with Gasteiger partial charge in [-0.1, -0.05) is 47.6 Å². The second-order valence-corrected chi connectivity index (χ2v) is 7.93. The predicted molar refractivity (Wildman–Crippen MR) is 119 cm³/mol. The van der Waals surface area contributed by atoms with Gasteiger partial charge in [0.15, 0.2) is 11.0 Å². The van der Waals surface area contributed by atoms with E-state index in [-0.39, 0.29) is 17.2 Å². The maximum absolute atomic E-state index is 13.9. The van der Waals surface area contributed by atoms with Gasteiger partial charge in [-0.3, -0.25) is 9.59 Å². The smallest absolute Gasteiger partial charge is 0.254 e. The summed E-state index contributed by atoms with van der Waals surface area (Å²) >= 11 is 7.28. The van der Waals surface area contributed by atoms with Gasteiger partial charge in [0.2, 0.25) is 5.91 Å². The molecule has 10 heteroatoms. The van der Waals surface area contributed by atoms with E-state index in [1.54, 1.807) is 41.8 Å². The third-order valence-corrected chi connectivity index (χ3v) is 5.69. The van der Waals surface area contributed by atoms with Crippen LogP contribution in [0.25, 0.3) is 0 Å². The van der Waals surface area contributed by atoms with Gasteiger partial charge in [0.25, 0.3) is 5.91 Å². The van der Waals surface area contributed by atoms with Gasteiger partial charge < -0.3 is 15.2 Å². The van der Waals surface area contributed by atoms with E-state index in [4.69, 9.17) is 11.6 Å². The minimum Gasteiger partial charge on any atom is -0.342 e. The van der Waals surface area contributed by atoms with Crippen molar-refractivity contribution >= 4 is 40.9 Å². The zero-order chi connectivity index (χ0) is 22.4. The van der Waals surface area contributed by atoms with Crippen molar-refractivity contribution in [2.75, 3.05) is 11.1 Å². The molecule has 0 aliphatic carbocycles. The van der Waals surface area contributed by atoms with Crippen LogP contribution in [0.15, 0.2) is 53.7 Å². The quantitative estimate of drug-likeness (QED) is 0.488. The Hall–Kier alpha value is -2.91. The van der Waals surface area contributed by atoms with Crippen molar-refractivity contribution in [3.05, 3.63) is 70.8 Å². The second-order valence-electron chi connectivity index (χ2n) is 6.58. The molecule has 162 valence electrons. The molecule has 1 heterocycles. The molecular formula is C21H21ClFN5O2S. The monoisotopic (exact) mass is 461 g/mol. The van der Waals surface area contributed by atoms with Gasteiger partial charge in [-0.05, 0) is 38.1 Å². The van der Waals surface area contributed by atoms with Gasteiger partial charge in [-0.25, -0.2) is 4.39 Å².